The first-order chi connectivity index (χ1) is 9.83. The van der Waals surface area contributed by atoms with E-state index in [0.717, 1.165) is 24.4 Å². The Balaban J connectivity index is 1.97. The van der Waals surface area contributed by atoms with Gasteiger partial charge < -0.3 is 5.32 Å². The molecule has 0 aromatic heterocycles. The van der Waals surface area contributed by atoms with Crippen LogP contribution in [0.1, 0.15) is 32.6 Å². The minimum absolute atomic E-state index is 0.529. The molecule has 2 N–H and O–H groups in total. The molecule has 1 saturated carbocycles. The predicted molar refractivity (Wildman–Crippen MR) is 89.5 cm³/mol. The number of anilines is 2. The molecule has 0 amide bonds. The van der Waals surface area contributed by atoms with Gasteiger partial charge in [0.05, 0.1) is 22.7 Å². The van der Waals surface area contributed by atoms with Crippen molar-refractivity contribution < 1.29 is 8.42 Å². The number of hydrogen-bond donors (Lipinski definition) is 2. The lowest BCUT2D eigenvalue weighted by Gasteiger charge is -2.26. The van der Waals surface area contributed by atoms with Gasteiger partial charge in [0.25, 0.3) is 0 Å². The van der Waals surface area contributed by atoms with Crippen molar-refractivity contribution in [3.8, 4) is 0 Å². The van der Waals surface area contributed by atoms with Crippen molar-refractivity contribution in [2.75, 3.05) is 22.8 Å². The maximum atomic E-state index is 11.3. The standard InChI is InChI=1S/C15H23ClN2O2S/c1-11-3-5-12(6-4-11)10-17-15-9-13(7-8-14(15)16)18-21(2,19)20/h7-9,11-12,17-18H,3-6,10H2,1-2H3. The highest BCUT2D eigenvalue weighted by Gasteiger charge is 2.18. The van der Waals surface area contributed by atoms with Crippen LogP contribution in [0.15, 0.2) is 18.2 Å². The quantitative estimate of drug-likeness (QED) is 0.859. The zero-order valence-corrected chi connectivity index (χ0v) is 14.1. The third-order valence-corrected chi connectivity index (χ3v) is 4.92. The Morgan fingerprint density at radius 3 is 2.52 bits per heavy atom. The van der Waals surface area contributed by atoms with Crippen LogP contribution < -0.4 is 10.0 Å². The Morgan fingerprint density at radius 1 is 1.24 bits per heavy atom. The van der Waals surface area contributed by atoms with Gasteiger partial charge in [-0.2, -0.15) is 0 Å². The topological polar surface area (TPSA) is 58.2 Å². The number of benzene rings is 1. The monoisotopic (exact) mass is 330 g/mol. The lowest BCUT2D eigenvalue weighted by molar-refractivity contribution is 0.300. The van der Waals surface area contributed by atoms with Crippen molar-refractivity contribution in [1.29, 1.82) is 0 Å². The molecule has 118 valence electrons. The number of hydrogen-bond acceptors (Lipinski definition) is 3. The molecular weight excluding hydrogens is 308 g/mol. The summed E-state index contributed by atoms with van der Waals surface area (Å²) in [5, 5.41) is 3.97. The van der Waals surface area contributed by atoms with Crippen molar-refractivity contribution in [2.24, 2.45) is 11.8 Å². The van der Waals surface area contributed by atoms with Crippen LogP contribution >= 0.6 is 11.6 Å². The van der Waals surface area contributed by atoms with E-state index in [-0.39, 0.29) is 0 Å². The summed E-state index contributed by atoms with van der Waals surface area (Å²) < 4.78 is 25.0. The summed E-state index contributed by atoms with van der Waals surface area (Å²) in [5.74, 6) is 1.51. The van der Waals surface area contributed by atoms with E-state index in [1.165, 1.54) is 25.7 Å². The summed E-state index contributed by atoms with van der Waals surface area (Å²) in [5.41, 5.74) is 1.31. The van der Waals surface area contributed by atoms with Crippen LogP contribution in [0.2, 0.25) is 5.02 Å². The third-order valence-electron chi connectivity index (χ3n) is 3.99. The average Bonchev–Trinajstić information content (AvgIpc) is 2.39. The Labute approximate surface area is 132 Å². The van der Waals surface area contributed by atoms with Gasteiger partial charge in [0.15, 0.2) is 0 Å². The Hall–Kier alpha value is -0.940. The molecular formula is C15H23ClN2O2S. The highest BCUT2D eigenvalue weighted by Crippen LogP contribution is 2.30. The second kappa shape index (κ2) is 6.88. The molecule has 0 heterocycles. The highest BCUT2D eigenvalue weighted by molar-refractivity contribution is 7.92. The van der Waals surface area contributed by atoms with Gasteiger partial charge in [-0.15, -0.1) is 0 Å². The van der Waals surface area contributed by atoms with E-state index >= 15 is 0 Å². The summed E-state index contributed by atoms with van der Waals surface area (Å²) in [4.78, 5) is 0. The zero-order chi connectivity index (χ0) is 15.5. The molecule has 0 atom stereocenters. The normalized spacial score (nSPS) is 22.8. The van der Waals surface area contributed by atoms with Gasteiger partial charge in [-0.25, -0.2) is 8.42 Å². The zero-order valence-electron chi connectivity index (χ0n) is 12.5. The van der Waals surface area contributed by atoms with Crippen molar-refractivity contribution in [1.82, 2.24) is 0 Å². The molecule has 1 aromatic carbocycles. The molecule has 4 nitrogen and oxygen atoms in total. The van der Waals surface area contributed by atoms with Crippen molar-refractivity contribution >= 4 is 33.0 Å². The van der Waals surface area contributed by atoms with Crippen LogP contribution in [0.3, 0.4) is 0 Å². The lowest BCUT2D eigenvalue weighted by atomic mass is 9.83. The average molecular weight is 331 g/mol. The molecule has 1 aliphatic rings. The van der Waals surface area contributed by atoms with Crippen LogP contribution in [0, 0.1) is 11.8 Å². The van der Waals surface area contributed by atoms with Gasteiger partial charge in [-0.1, -0.05) is 31.4 Å². The van der Waals surface area contributed by atoms with E-state index in [4.69, 9.17) is 11.6 Å². The summed E-state index contributed by atoms with van der Waals surface area (Å²) in [6, 6.07) is 5.12. The first-order valence-electron chi connectivity index (χ1n) is 7.34. The molecule has 2 rings (SSSR count). The van der Waals surface area contributed by atoms with E-state index in [0.29, 0.717) is 16.6 Å². The fraction of sp³-hybridized carbons (Fsp3) is 0.600. The summed E-state index contributed by atoms with van der Waals surface area (Å²) in [6.07, 6.45) is 6.20. The van der Waals surface area contributed by atoms with E-state index in [1.807, 2.05) is 0 Å². The van der Waals surface area contributed by atoms with E-state index in [1.54, 1.807) is 18.2 Å². The van der Waals surface area contributed by atoms with Crippen molar-refractivity contribution in [2.45, 2.75) is 32.6 Å². The van der Waals surface area contributed by atoms with Crippen LogP contribution in [0.4, 0.5) is 11.4 Å². The molecule has 21 heavy (non-hydrogen) atoms. The van der Waals surface area contributed by atoms with Gasteiger partial charge >= 0.3 is 0 Å². The molecule has 1 aliphatic carbocycles. The molecule has 0 radical (unpaired) electrons. The highest BCUT2D eigenvalue weighted by atomic mass is 35.5. The van der Waals surface area contributed by atoms with Gasteiger partial charge in [0.2, 0.25) is 10.0 Å². The second-order valence-corrected chi connectivity index (χ2v) is 8.23. The number of halogens is 1. The minimum atomic E-state index is -3.27. The maximum Gasteiger partial charge on any atom is 0.229 e. The van der Waals surface area contributed by atoms with Gasteiger partial charge in [-0.05, 0) is 42.9 Å². The molecule has 0 spiro atoms. The van der Waals surface area contributed by atoms with Crippen molar-refractivity contribution in [3.05, 3.63) is 23.2 Å². The number of nitrogens with one attached hydrogen (secondary N) is 2. The molecule has 1 fully saturated rings. The first kappa shape index (κ1) is 16.4. The molecule has 0 aliphatic heterocycles. The lowest BCUT2D eigenvalue weighted by Crippen LogP contribution is -2.20. The van der Waals surface area contributed by atoms with Gasteiger partial charge in [0.1, 0.15) is 0 Å². The van der Waals surface area contributed by atoms with Crippen molar-refractivity contribution in [3.63, 3.8) is 0 Å². The fourth-order valence-corrected chi connectivity index (χ4v) is 3.47. The van der Waals surface area contributed by atoms with Crippen LogP contribution in [-0.4, -0.2) is 21.2 Å². The smallest absolute Gasteiger partial charge is 0.229 e. The van der Waals surface area contributed by atoms with Crippen LogP contribution in [-0.2, 0) is 10.0 Å². The largest absolute Gasteiger partial charge is 0.384 e. The first-order valence-corrected chi connectivity index (χ1v) is 9.61. The summed E-state index contributed by atoms with van der Waals surface area (Å²) >= 11 is 6.17. The van der Waals surface area contributed by atoms with Crippen LogP contribution in [0.5, 0.6) is 0 Å². The summed E-state index contributed by atoms with van der Waals surface area (Å²) in [7, 11) is -3.27. The third kappa shape index (κ3) is 5.40. The molecule has 0 saturated heterocycles. The SMILES string of the molecule is CC1CCC(CNc2cc(NS(C)(=O)=O)ccc2Cl)CC1. The molecule has 6 heteroatoms. The van der Waals surface area contributed by atoms with E-state index in [2.05, 4.69) is 17.0 Å². The molecule has 0 bridgehead atoms. The fourth-order valence-electron chi connectivity index (χ4n) is 2.73. The second-order valence-electron chi connectivity index (χ2n) is 6.08. The molecule has 1 aromatic rings. The maximum absolute atomic E-state index is 11.3. The number of rotatable bonds is 5. The molecule has 0 unspecified atom stereocenters. The summed E-state index contributed by atoms with van der Waals surface area (Å²) in [6.45, 7) is 3.19. The predicted octanol–water partition coefficient (Wildman–Crippen LogP) is 3.95. The van der Waals surface area contributed by atoms with E-state index in [9.17, 15) is 8.42 Å². The minimum Gasteiger partial charge on any atom is -0.384 e. The number of sulfonamides is 1. The Kier molecular flexibility index (Phi) is 5.38. The Bertz CT molecular complexity index is 581. The van der Waals surface area contributed by atoms with Crippen LogP contribution in [0.25, 0.3) is 0 Å². The van der Waals surface area contributed by atoms with E-state index < -0.39 is 10.0 Å². The van der Waals surface area contributed by atoms with Gasteiger partial charge in [-0.3, -0.25) is 4.72 Å². The van der Waals surface area contributed by atoms with Gasteiger partial charge in [0, 0.05) is 6.54 Å². The Morgan fingerprint density at radius 2 is 1.90 bits per heavy atom.